The van der Waals surface area contributed by atoms with Crippen molar-refractivity contribution < 1.29 is 18.8 Å². The van der Waals surface area contributed by atoms with Crippen molar-refractivity contribution in [3.8, 4) is 0 Å². The van der Waals surface area contributed by atoms with Crippen LogP contribution in [-0.4, -0.2) is 38.9 Å². The van der Waals surface area contributed by atoms with Crippen LogP contribution in [0.1, 0.15) is 78.2 Å². The molecule has 2 saturated carbocycles. The zero-order valence-electron chi connectivity index (χ0n) is 18.2. The van der Waals surface area contributed by atoms with Gasteiger partial charge in [0.05, 0.1) is 5.56 Å². The number of anilines is 2. The van der Waals surface area contributed by atoms with Crippen molar-refractivity contribution in [2.24, 2.45) is 5.41 Å². The predicted octanol–water partition coefficient (Wildman–Crippen LogP) is 2.07. The van der Waals surface area contributed by atoms with Crippen molar-refractivity contribution in [3.63, 3.8) is 0 Å². The van der Waals surface area contributed by atoms with Crippen molar-refractivity contribution in [2.45, 2.75) is 70.0 Å². The summed E-state index contributed by atoms with van der Waals surface area (Å²) in [5.41, 5.74) is 9.23. The molecule has 4 aliphatic rings. The van der Waals surface area contributed by atoms with Gasteiger partial charge in [0, 0.05) is 31.1 Å². The molecule has 1 spiro atoms. The smallest absolute Gasteiger partial charge is 0.315 e. The number of carbonyl (C=O) groups is 3. The third-order valence-corrected chi connectivity index (χ3v) is 7.82. The van der Waals surface area contributed by atoms with Crippen LogP contribution in [0.4, 0.5) is 11.7 Å². The van der Waals surface area contributed by atoms with E-state index in [0.29, 0.717) is 54.0 Å². The SMILES string of the molecule is Nc1c(CNc2nnc(C3CC4(CCC4)C3)o2)ccc2c1C(=O)N(C1CCC(=O)NC1=O)C2. The van der Waals surface area contributed by atoms with Gasteiger partial charge in [0.2, 0.25) is 17.7 Å². The lowest BCUT2D eigenvalue weighted by Crippen LogP contribution is -2.52. The molecule has 2 aliphatic carbocycles. The van der Waals surface area contributed by atoms with Crippen molar-refractivity contribution in [3.05, 3.63) is 34.7 Å². The average molecular weight is 450 g/mol. The topological polar surface area (TPSA) is 143 Å². The van der Waals surface area contributed by atoms with Crippen LogP contribution >= 0.6 is 0 Å². The number of aromatic nitrogens is 2. The van der Waals surface area contributed by atoms with Gasteiger partial charge in [-0.2, -0.15) is 0 Å². The Labute approximate surface area is 190 Å². The van der Waals surface area contributed by atoms with Gasteiger partial charge in [0.1, 0.15) is 6.04 Å². The van der Waals surface area contributed by atoms with Gasteiger partial charge in [0.25, 0.3) is 5.91 Å². The summed E-state index contributed by atoms with van der Waals surface area (Å²) in [6.07, 6.45) is 6.78. The highest BCUT2D eigenvalue weighted by Crippen LogP contribution is 2.61. The van der Waals surface area contributed by atoms with Gasteiger partial charge in [-0.25, -0.2) is 0 Å². The lowest BCUT2D eigenvalue weighted by molar-refractivity contribution is -0.136. The molecule has 4 N–H and O–H groups in total. The van der Waals surface area contributed by atoms with E-state index < -0.39 is 11.9 Å². The van der Waals surface area contributed by atoms with E-state index in [1.807, 2.05) is 12.1 Å². The second-order valence-electron chi connectivity index (χ2n) is 9.83. The fraction of sp³-hybridized carbons (Fsp3) is 0.522. The number of rotatable bonds is 5. The highest BCUT2D eigenvalue weighted by atomic mass is 16.4. The minimum Gasteiger partial charge on any atom is -0.408 e. The number of amides is 3. The number of nitrogens with zero attached hydrogens (tertiary/aromatic N) is 3. The van der Waals surface area contributed by atoms with Gasteiger partial charge in [-0.15, -0.1) is 5.10 Å². The summed E-state index contributed by atoms with van der Waals surface area (Å²) in [4.78, 5) is 38.3. The summed E-state index contributed by atoms with van der Waals surface area (Å²) < 4.78 is 5.82. The maximum Gasteiger partial charge on any atom is 0.315 e. The maximum atomic E-state index is 13.1. The normalized spacial score (nSPS) is 23.8. The van der Waals surface area contributed by atoms with E-state index in [4.69, 9.17) is 10.2 Å². The number of piperidine rings is 1. The monoisotopic (exact) mass is 450 g/mol. The number of fused-ring (bicyclic) bond motifs is 1. The molecule has 1 aromatic carbocycles. The Bertz CT molecular complexity index is 1160. The molecule has 1 aromatic heterocycles. The Morgan fingerprint density at radius 2 is 2.03 bits per heavy atom. The van der Waals surface area contributed by atoms with Gasteiger partial charge in [0.15, 0.2) is 0 Å². The number of hydrogen-bond acceptors (Lipinski definition) is 8. The number of benzene rings is 1. The van der Waals surface area contributed by atoms with Crippen LogP contribution in [0, 0.1) is 5.41 Å². The van der Waals surface area contributed by atoms with Gasteiger partial charge in [-0.3, -0.25) is 19.7 Å². The molecule has 3 amide bonds. The predicted molar refractivity (Wildman–Crippen MR) is 117 cm³/mol. The molecule has 3 heterocycles. The summed E-state index contributed by atoms with van der Waals surface area (Å²) in [5, 5.41) is 13.8. The van der Waals surface area contributed by atoms with Crippen LogP contribution in [0.3, 0.4) is 0 Å². The summed E-state index contributed by atoms with van der Waals surface area (Å²) in [6.45, 7) is 0.634. The van der Waals surface area contributed by atoms with E-state index in [9.17, 15) is 14.4 Å². The molecular weight excluding hydrogens is 424 g/mol. The molecule has 1 atom stereocenters. The molecule has 2 aromatic rings. The van der Waals surface area contributed by atoms with Crippen molar-refractivity contribution in [2.75, 3.05) is 11.1 Å². The van der Waals surface area contributed by atoms with Crippen LogP contribution in [-0.2, 0) is 22.7 Å². The standard InChI is InChI=1S/C23H26N6O4/c24-18-12(10-25-22-28-27-20(33-22)14-8-23(9-14)6-1-7-23)2-3-13-11-29(21(32)17(13)18)15-4-5-16(30)26-19(15)31/h2-3,14-15H,1,4-11,24H2,(H,25,28)(H,26,30,31). The van der Waals surface area contributed by atoms with Gasteiger partial charge in [-0.05, 0) is 48.6 Å². The van der Waals surface area contributed by atoms with Crippen LogP contribution in [0.2, 0.25) is 0 Å². The minimum absolute atomic E-state index is 0.217. The van der Waals surface area contributed by atoms with Crippen molar-refractivity contribution >= 4 is 29.4 Å². The number of nitrogens with two attached hydrogens (primary N) is 1. The van der Waals surface area contributed by atoms with Gasteiger partial charge < -0.3 is 20.4 Å². The molecule has 172 valence electrons. The molecular formula is C23H26N6O4. The molecule has 0 bridgehead atoms. The fourth-order valence-electron chi connectivity index (χ4n) is 5.76. The molecule has 3 fully saturated rings. The first-order valence-electron chi connectivity index (χ1n) is 11.5. The lowest BCUT2D eigenvalue weighted by atomic mass is 9.52. The van der Waals surface area contributed by atoms with Gasteiger partial charge >= 0.3 is 6.01 Å². The Hall–Kier alpha value is -3.43. The highest BCUT2D eigenvalue weighted by Gasteiger charge is 2.50. The van der Waals surface area contributed by atoms with Gasteiger partial charge in [-0.1, -0.05) is 23.7 Å². The number of nitrogens with one attached hydrogen (secondary N) is 2. The molecule has 10 nitrogen and oxygen atoms in total. The number of imide groups is 1. The highest BCUT2D eigenvalue weighted by molar-refractivity contribution is 6.07. The largest absolute Gasteiger partial charge is 0.408 e. The molecule has 33 heavy (non-hydrogen) atoms. The first-order chi connectivity index (χ1) is 15.9. The van der Waals surface area contributed by atoms with E-state index in [1.54, 1.807) is 0 Å². The first-order valence-corrected chi connectivity index (χ1v) is 11.5. The summed E-state index contributed by atoms with van der Waals surface area (Å²) in [5.74, 6) is 0.0159. The number of hydrogen-bond donors (Lipinski definition) is 3. The van der Waals surface area contributed by atoms with Crippen LogP contribution < -0.4 is 16.4 Å². The fourth-order valence-corrected chi connectivity index (χ4v) is 5.76. The third kappa shape index (κ3) is 3.27. The third-order valence-electron chi connectivity index (χ3n) is 7.82. The van der Waals surface area contributed by atoms with E-state index in [1.165, 1.54) is 24.2 Å². The number of carbonyl (C=O) groups excluding carboxylic acids is 3. The Balaban J connectivity index is 1.12. The summed E-state index contributed by atoms with van der Waals surface area (Å²) >= 11 is 0. The minimum atomic E-state index is -0.661. The first kappa shape index (κ1) is 20.2. The molecule has 0 radical (unpaired) electrons. The second-order valence-corrected chi connectivity index (χ2v) is 9.83. The molecule has 2 aliphatic heterocycles. The Morgan fingerprint density at radius 1 is 1.21 bits per heavy atom. The number of nitrogen functional groups attached to an aromatic ring is 1. The molecule has 6 rings (SSSR count). The zero-order chi connectivity index (χ0) is 22.7. The molecule has 1 unspecified atom stereocenters. The summed E-state index contributed by atoms with van der Waals surface area (Å²) in [7, 11) is 0. The van der Waals surface area contributed by atoms with Crippen LogP contribution in [0.5, 0.6) is 0 Å². The Morgan fingerprint density at radius 3 is 2.76 bits per heavy atom. The summed E-state index contributed by atoms with van der Waals surface area (Å²) in [6, 6.07) is 3.41. The quantitative estimate of drug-likeness (QED) is 0.464. The van der Waals surface area contributed by atoms with E-state index in [0.717, 1.165) is 24.0 Å². The van der Waals surface area contributed by atoms with E-state index in [2.05, 4.69) is 20.8 Å². The van der Waals surface area contributed by atoms with Crippen molar-refractivity contribution in [1.82, 2.24) is 20.4 Å². The molecule has 10 heteroatoms. The maximum absolute atomic E-state index is 13.1. The Kier molecular flexibility index (Phi) is 4.46. The van der Waals surface area contributed by atoms with Crippen LogP contribution in [0.15, 0.2) is 16.5 Å². The van der Waals surface area contributed by atoms with Crippen molar-refractivity contribution in [1.29, 1.82) is 0 Å². The van der Waals surface area contributed by atoms with Crippen LogP contribution in [0.25, 0.3) is 0 Å². The van der Waals surface area contributed by atoms with E-state index in [-0.39, 0.29) is 18.2 Å². The molecule has 1 saturated heterocycles. The second kappa shape index (κ2) is 7.29. The average Bonchev–Trinajstić information content (AvgIpc) is 3.31. The van der Waals surface area contributed by atoms with E-state index >= 15 is 0 Å². The zero-order valence-corrected chi connectivity index (χ0v) is 18.2. The lowest BCUT2D eigenvalue weighted by Gasteiger charge is -2.53.